The number of benzene rings is 1. The molecule has 0 atom stereocenters. The van der Waals surface area contributed by atoms with Gasteiger partial charge in [-0.25, -0.2) is 0 Å². The number of nitrogens with one attached hydrogen (secondary N) is 2. The van der Waals surface area contributed by atoms with Crippen LogP contribution in [0.15, 0.2) is 24.3 Å². The average Bonchev–Trinajstić information content (AvgIpc) is 2.46. The van der Waals surface area contributed by atoms with Gasteiger partial charge in [-0.1, -0.05) is 19.1 Å². The maximum atomic E-state index is 11.6. The Bertz CT molecular complexity index is 461. The molecule has 0 aliphatic rings. The molecule has 21 heavy (non-hydrogen) atoms. The third-order valence-corrected chi connectivity index (χ3v) is 2.86. The minimum absolute atomic E-state index is 0.00963. The number of amides is 2. The molecule has 0 aliphatic heterocycles. The number of hydrogen-bond acceptors (Lipinski definition) is 3. The average molecular weight is 292 g/mol. The van der Waals surface area contributed by atoms with Gasteiger partial charge in [0, 0.05) is 31.7 Å². The highest BCUT2D eigenvalue weighted by atomic mass is 16.5. The summed E-state index contributed by atoms with van der Waals surface area (Å²) < 4.78 is 5.13. The van der Waals surface area contributed by atoms with Gasteiger partial charge in [0.2, 0.25) is 11.8 Å². The Kier molecular flexibility index (Phi) is 8.12. The molecule has 116 valence electrons. The quantitative estimate of drug-likeness (QED) is 0.687. The van der Waals surface area contributed by atoms with Gasteiger partial charge in [0.05, 0.1) is 6.61 Å². The van der Waals surface area contributed by atoms with E-state index in [-0.39, 0.29) is 11.8 Å². The lowest BCUT2D eigenvalue weighted by Gasteiger charge is -2.08. The second kappa shape index (κ2) is 9.94. The molecule has 0 aromatic heterocycles. The summed E-state index contributed by atoms with van der Waals surface area (Å²) in [4.78, 5) is 23.1. The number of carbonyl (C=O) groups is 2. The Hall–Kier alpha value is -1.88. The van der Waals surface area contributed by atoms with Crippen molar-refractivity contribution in [2.75, 3.05) is 18.5 Å². The largest absolute Gasteiger partial charge is 0.381 e. The third kappa shape index (κ3) is 7.46. The smallest absolute Gasteiger partial charge is 0.224 e. The summed E-state index contributed by atoms with van der Waals surface area (Å²) in [6.07, 6.45) is 1.70. The number of rotatable bonds is 9. The summed E-state index contributed by atoms with van der Waals surface area (Å²) in [6.45, 7) is 5.37. The van der Waals surface area contributed by atoms with E-state index in [1.54, 1.807) is 0 Å². The van der Waals surface area contributed by atoms with Crippen molar-refractivity contribution in [3.05, 3.63) is 29.8 Å². The van der Waals surface area contributed by atoms with Crippen LogP contribution in [-0.4, -0.2) is 25.0 Å². The Morgan fingerprint density at radius 1 is 1.14 bits per heavy atom. The SMILES string of the molecule is CCCC(=O)Nc1cccc(CNC(=O)CCOCC)c1. The fraction of sp³-hybridized carbons (Fsp3) is 0.500. The molecule has 0 saturated heterocycles. The van der Waals surface area contributed by atoms with Crippen molar-refractivity contribution >= 4 is 17.5 Å². The molecular weight excluding hydrogens is 268 g/mol. The first-order valence-corrected chi connectivity index (χ1v) is 7.39. The number of ether oxygens (including phenoxy) is 1. The molecule has 2 N–H and O–H groups in total. The van der Waals surface area contributed by atoms with Crippen LogP contribution in [-0.2, 0) is 20.9 Å². The molecule has 1 aromatic carbocycles. The van der Waals surface area contributed by atoms with E-state index in [2.05, 4.69) is 10.6 Å². The highest BCUT2D eigenvalue weighted by Crippen LogP contribution is 2.11. The van der Waals surface area contributed by atoms with Crippen LogP contribution in [0.25, 0.3) is 0 Å². The van der Waals surface area contributed by atoms with E-state index in [9.17, 15) is 9.59 Å². The minimum atomic E-state index is -0.0381. The van der Waals surface area contributed by atoms with E-state index in [0.29, 0.717) is 32.6 Å². The molecule has 1 rings (SSSR count). The van der Waals surface area contributed by atoms with Crippen LogP contribution in [0.4, 0.5) is 5.69 Å². The van der Waals surface area contributed by atoms with E-state index < -0.39 is 0 Å². The van der Waals surface area contributed by atoms with Crippen LogP contribution in [0.3, 0.4) is 0 Å². The molecule has 5 nitrogen and oxygen atoms in total. The molecular formula is C16H24N2O3. The third-order valence-electron chi connectivity index (χ3n) is 2.86. The van der Waals surface area contributed by atoms with Gasteiger partial charge in [0.1, 0.15) is 0 Å². The van der Waals surface area contributed by atoms with Crippen LogP contribution < -0.4 is 10.6 Å². The van der Waals surface area contributed by atoms with E-state index in [1.807, 2.05) is 38.1 Å². The van der Waals surface area contributed by atoms with Crippen molar-refractivity contribution in [1.82, 2.24) is 5.32 Å². The van der Waals surface area contributed by atoms with Crippen molar-refractivity contribution in [3.63, 3.8) is 0 Å². The van der Waals surface area contributed by atoms with Crippen molar-refractivity contribution in [2.45, 2.75) is 39.7 Å². The highest BCUT2D eigenvalue weighted by molar-refractivity contribution is 5.90. The minimum Gasteiger partial charge on any atom is -0.381 e. The summed E-state index contributed by atoms with van der Waals surface area (Å²) in [5, 5.41) is 5.67. The molecule has 0 unspecified atom stereocenters. The lowest BCUT2D eigenvalue weighted by atomic mass is 10.2. The zero-order valence-electron chi connectivity index (χ0n) is 12.8. The fourth-order valence-corrected chi connectivity index (χ4v) is 1.81. The molecule has 0 aliphatic carbocycles. The van der Waals surface area contributed by atoms with Crippen molar-refractivity contribution in [3.8, 4) is 0 Å². The zero-order chi connectivity index (χ0) is 15.5. The van der Waals surface area contributed by atoms with E-state index in [0.717, 1.165) is 17.7 Å². The van der Waals surface area contributed by atoms with Crippen LogP contribution in [0.1, 0.15) is 38.7 Å². The zero-order valence-corrected chi connectivity index (χ0v) is 12.8. The summed E-state index contributed by atoms with van der Waals surface area (Å²) >= 11 is 0. The topological polar surface area (TPSA) is 67.4 Å². The van der Waals surface area contributed by atoms with Gasteiger partial charge in [-0.3, -0.25) is 9.59 Å². The molecule has 0 bridgehead atoms. The summed E-state index contributed by atoms with van der Waals surface area (Å²) in [7, 11) is 0. The van der Waals surface area contributed by atoms with Crippen molar-refractivity contribution in [2.24, 2.45) is 0 Å². The van der Waals surface area contributed by atoms with Gasteiger partial charge in [-0.15, -0.1) is 0 Å². The second-order valence-corrected chi connectivity index (χ2v) is 4.72. The molecule has 0 radical (unpaired) electrons. The van der Waals surface area contributed by atoms with E-state index >= 15 is 0 Å². The lowest BCUT2D eigenvalue weighted by Crippen LogP contribution is -2.24. The first-order chi connectivity index (χ1) is 10.2. The molecule has 1 aromatic rings. The molecule has 0 fully saturated rings. The Labute approximate surface area is 126 Å². The van der Waals surface area contributed by atoms with Crippen LogP contribution in [0.2, 0.25) is 0 Å². The van der Waals surface area contributed by atoms with Crippen LogP contribution >= 0.6 is 0 Å². The maximum absolute atomic E-state index is 11.6. The molecule has 0 spiro atoms. The molecule has 5 heteroatoms. The Morgan fingerprint density at radius 3 is 2.67 bits per heavy atom. The molecule has 0 saturated carbocycles. The van der Waals surface area contributed by atoms with Crippen LogP contribution in [0.5, 0.6) is 0 Å². The first-order valence-electron chi connectivity index (χ1n) is 7.39. The number of hydrogen-bond donors (Lipinski definition) is 2. The van der Waals surface area contributed by atoms with E-state index in [4.69, 9.17) is 4.74 Å². The molecule has 2 amide bonds. The first kappa shape index (κ1) is 17.2. The fourth-order valence-electron chi connectivity index (χ4n) is 1.81. The van der Waals surface area contributed by atoms with Gasteiger partial charge in [0.25, 0.3) is 0 Å². The predicted molar refractivity (Wildman–Crippen MR) is 82.9 cm³/mol. The standard InChI is InChI=1S/C16H24N2O3/c1-3-6-16(20)18-14-8-5-7-13(11-14)12-17-15(19)9-10-21-4-2/h5,7-8,11H,3-4,6,9-10,12H2,1-2H3,(H,17,19)(H,18,20). The van der Waals surface area contributed by atoms with Gasteiger partial charge >= 0.3 is 0 Å². The lowest BCUT2D eigenvalue weighted by molar-refractivity contribution is -0.122. The van der Waals surface area contributed by atoms with Gasteiger partial charge in [0.15, 0.2) is 0 Å². The molecule has 0 heterocycles. The van der Waals surface area contributed by atoms with Gasteiger partial charge in [-0.2, -0.15) is 0 Å². The highest BCUT2D eigenvalue weighted by Gasteiger charge is 2.04. The number of anilines is 1. The van der Waals surface area contributed by atoms with Gasteiger partial charge < -0.3 is 15.4 Å². The Morgan fingerprint density at radius 2 is 1.95 bits per heavy atom. The normalized spacial score (nSPS) is 10.2. The summed E-state index contributed by atoms with van der Waals surface area (Å²) in [6, 6.07) is 7.49. The summed E-state index contributed by atoms with van der Waals surface area (Å²) in [5.74, 6) is -0.0285. The number of carbonyl (C=O) groups excluding carboxylic acids is 2. The predicted octanol–water partition coefficient (Wildman–Crippen LogP) is 2.47. The maximum Gasteiger partial charge on any atom is 0.224 e. The summed E-state index contributed by atoms with van der Waals surface area (Å²) in [5.41, 5.74) is 1.71. The van der Waals surface area contributed by atoms with Crippen molar-refractivity contribution in [1.29, 1.82) is 0 Å². The van der Waals surface area contributed by atoms with E-state index in [1.165, 1.54) is 0 Å². The van der Waals surface area contributed by atoms with Gasteiger partial charge in [-0.05, 0) is 31.0 Å². The van der Waals surface area contributed by atoms with Crippen LogP contribution in [0, 0.1) is 0 Å². The Balaban J connectivity index is 2.41. The second-order valence-electron chi connectivity index (χ2n) is 4.72. The van der Waals surface area contributed by atoms with Crippen molar-refractivity contribution < 1.29 is 14.3 Å². The monoisotopic (exact) mass is 292 g/mol.